The summed E-state index contributed by atoms with van der Waals surface area (Å²) in [5.41, 5.74) is 3.49. The van der Waals surface area contributed by atoms with Crippen molar-refractivity contribution in [2.75, 3.05) is 13.2 Å². The Balaban J connectivity index is 1.48. The van der Waals surface area contributed by atoms with Crippen molar-refractivity contribution in [1.82, 2.24) is 15.0 Å². The smallest absolute Gasteiger partial charge is 0.241 e. The Morgan fingerprint density at radius 3 is 2.74 bits per heavy atom. The fourth-order valence-corrected chi connectivity index (χ4v) is 3.77. The van der Waals surface area contributed by atoms with Crippen molar-refractivity contribution < 1.29 is 9.26 Å². The summed E-state index contributed by atoms with van der Waals surface area (Å²) in [6, 6.07) is 16.9. The van der Waals surface area contributed by atoms with E-state index >= 15 is 0 Å². The first-order chi connectivity index (χ1) is 13.2. The van der Waals surface area contributed by atoms with Gasteiger partial charge in [0.1, 0.15) is 5.75 Å². The van der Waals surface area contributed by atoms with Gasteiger partial charge in [0.2, 0.25) is 11.7 Å². The summed E-state index contributed by atoms with van der Waals surface area (Å²) < 4.78 is 11.1. The normalized spacial score (nSPS) is 17.3. The van der Waals surface area contributed by atoms with Crippen molar-refractivity contribution in [2.45, 2.75) is 39.3 Å². The highest BCUT2D eigenvalue weighted by molar-refractivity contribution is 5.58. The van der Waals surface area contributed by atoms with E-state index in [1.807, 2.05) is 25.1 Å². The van der Waals surface area contributed by atoms with Crippen molar-refractivity contribution in [3.05, 3.63) is 65.5 Å². The zero-order chi connectivity index (χ0) is 18.6. The molecular formula is C22H25N3O2. The molecule has 0 unspecified atom stereocenters. The van der Waals surface area contributed by atoms with E-state index in [9.17, 15) is 0 Å². The fourth-order valence-electron chi connectivity index (χ4n) is 3.77. The van der Waals surface area contributed by atoms with Crippen LogP contribution in [0, 0.1) is 6.92 Å². The molecular weight excluding hydrogens is 338 g/mol. The third-order valence-electron chi connectivity index (χ3n) is 5.13. The van der Waals surface area contributed by atoms with E-state index in [2.05, 4.69) is 52.3 Å². The van der Waals surface area contributed by atoms with Gasteiger partial charge >= 0.3 is 0 Å². The lowest BCUT2D eigenvalue weighted by atomic mass is 10.0. The van der Waals surface area contributed by atoms with E-state index in [1.165, 1.54) is 12.0 Å². The molecule has 5 nitrogen and oxygen atoms in total. The van der Waals surface area contributed by atoms with Crippen molar-refractivity contribution in [3.8, 4) is 17.1 Å². The molecule has 1 aliphatic heterocycles. The van der Waals surface area contributed by atoms with Gasteiger partial charge in [0, 0.05) is 11.6 Å². The molecule has 3 aromatic rings. The van der Waals surface area contributed by atoms with Crippen LogP contribution in [0.3, 0.4) is 0 Å². The second kappa shape index (κ2) is 7.92. The van der Waals surface area contributed by atoms with Gasteiger partial charge in [-0.05, 0) is 56.5 Å². The monoisotopic (exact) mass is 363 g/mol. The minimum absolute atomic E-state index is 0.384. The minimum Gasteiger partial charge on any atom is -0.494 e. The predicted molar refractivity (Wildman–Crippen MR) is 104 cm³/mol. The van der Waals surface area contributed by atoms with Gasteiger partial charge in [0.05, 0.1) is 13.2 Å². The molecule has 0 spiro atoms. The number of aryl methyl sites for hydroxylation is 1. The second-order valence-electron chi connectivity index (χ2n) is 6.96. The first-order valence-corrected chi connectivity index (χ1v) is 9.60. The largest absolute Gasteiger partial charge is 0.494 e. The van der Waals surface area contributed by atoms with Crippen molar-refractivity contribution in [1.29, 1.82) is 0 Å². The number of rotatable bonds is 6. The van der Waals surface area contributed by atoms with Gasteiger partial charge in [-0.1, -0.05) is 41.6 Å². The molecule has 0 radical (unpaired) electrons. The summed E-state index contributed by atoms with van der Waals surface area (Å²) in [5.74, 6) is 2.26. The summed E-state index contributed by atoms with van der Waals surface area (Å²) >= 11 is 0. The average molecular weight is 363 g/mol. The average Bonchev–Trinajstić information content (AvgIpc) is 3.33. The quantitative estimate of drug-likeness (QED) is 0.631. The Morgan fingerprint density at radius 1 is 1.15 bits per heavy atom. The Hall–Kier alpha value is -2.66. The fraction of sp³-hybridized carbons (Fsp3) is 0.364. The molecule has 4 rings (SSSR count). The maximum Gasteiger partial charge on any atom is 0.241 e. The summed E-state index contributed by atoms with van der Waals surface area (Å²) in [7, 11) is 0. The van der Waals surface area contributed by atoms with Crippen LogP contribution in [0.25, 0.3) is 11.4 Å². The standard InChI is InChI=1S/C22H25N3O2/c1-3-26-18-12-10-17(11-13-18)20-9-6-14-25(20)15-21-23-22(24-27-21)19-8-5-4-7-16(19)2/h4-5,7-8,10-13,20H,3,6,9,14-15H2,1-2H3/t20-/m0/s1. The van der Waals surface area contributed by atoms with Crippen LogP contribution in [-0.4, -0.2) is 28.2 Å². The lowest BCUT2D eigenvalue weighted by Gasteiger charge is -2.23. The topological polar surface area (TPSA) is 51.4 Å². The number of hydrogen-bond donors (Lipinski definition) is 0. The maximum atomic E-state index is 5.55. The third-order valence-corrected chi connectivity index (χ3v) is 5.13. The van der Waals surface area contributed by atoms with Crippen LogP contribution in [0.2, 0.25) is 0 Å². The molecule has 1 aromatic heterocycles. The summed E-state index contributed by atoms with van der Waals surface area (Å²) in [5, 5.41) is 4.19. The number of ether oxygens (including phenoxy) is 1. The maximum absolute atomic E-state index is 5.55. The molecule has 5 heteroatoms. The van der Waals surface area contributed by atoms with Crippen LogP contribution < -0.4 is 4.74 Å². The van der Waals surface area contributed by atoms with Crippen molar-refractivity contribution in [3.63, 3.8) is 0 Å². The SMILES string of the molecule is CCOc1ccc([C@@H]2CCCN2Cc2nc(-c3ccccc3C)no2)cc1. The number of likely N-dealkylation sites (tertiary alicyclic amines) is 1. The highest BCUT2D eigenvalue weighted by atomic mass is 16.5. The lowest BCUT2D eigenvalue weighted by Crippen LogP contribution is -2.22. The van der Waals surface area contributed by atoms with Crippen LogP contribution in [0.1, 0.15) is 42.8 Å². The van der Waals surface area contributed by atoms with Crippen molar-refractivity contribution >= 4 is 0 Å². The molecule has 1 aliphatic rings. The third kappa shape index (κ3) is 3.88. The first-order valence-electron chi connectivity index (χ1n) is 9.60. The van der Waals surface area contributed by atoms with E-state index < -0.39 is 0 Å². The molecule has 1 atom stereocenters. The molecule has 0 aliphatic carbocycles. The summed E-state index contributed by atoms with van der Waals surface area (Å²) in [4.78, 5) is 7.05. The Kier molecular flexibility index (Phi) is 5.21. The van der Waals surface area contributed by atoms with Crippen LogP contribution in [0.4, 0.5) is 0 Å². The van der Waals surface area contributed by atoms with Gasteiger partial charge in [0.15, 0.2) is 0 Å². The molecule has 2 heterocycles. The Bertz CT molecular complexity index is 889. The number of aromatic nitrogens is 2. The molecule has 140 valence electrons. The Morgan fingerprint density at radius 2 is 1.96 bits per heavy atom. The van der Waals surface area contributed by atoms with Gasteiger partial charge in [-0.15, -0.1) is 0 Å². The minimum atomic E-state index is 0.384. The van der Waals surface area contributed by atoms with Crippen molar-refractivity contribution in [2.24, 2.45) is 0 Å². The summed E-state index contributed by atoms with van der Waals surface area (Å²) in [6.45, 7) is 6.47. The van der Waals surface area contributed by atoms with Gasteiger partial charge < -0.3 is 9.26 Å². The summed E-state index contributed by atoms with van der Waals surface area (Å²) in [6.07, 6.45) is 2.32. The first kappa shape index (κ1) is 17.7. The molecule has 0 N–H and O–H groups in total. The van der Waals surface area contributed by atoms with Crippen LogP contribution in [0.15, 0.2) is 53.1 Å². The van der Waals surface area contributed by atoms with Gasteiger partial charge in [0.25, 0.3) is 0 Å². The van der Waals surface area contributed by atoms with Crippen LogP contribution in [-0.2, 0) is 6.54 Å². The van der Waals surface area contributed by atoms with Gasteiger partial charge in [-0.2, -0.15) is 4.98 Å². The van der Waals surface area contributed by atoms with Gasteiger partial charge in [-0.25, -0.2) is 0 Å². The molecule has 27 heavy (non-hydrogen) atoms. The molecule has 2 aromatic carbocycles. The zero-order valence-corrected chi connectivity index (χ0v) is 15.9. The van der Waals surface area contributed by atoms with E-state index in [-0.39, 0.29) is 0 Å². The highest BCUT2D eigenvalue weighted by Gasteiger charge is 2.27. The van der Waals surface area contributed by atoms with E-state index in [0.717, 1.165) is 29.8 Å². The Labute approximate surface area is 160 Å². The van der Waals surface area contributed by atoms with Crippen LogP contribution in [0.5, 0.6) is 5.75 Å². The highest BCUT2D eigenvalue weighted by Crippen LogP contribution is 2.34. The van der Waals surface area contributed by atoms with E-state index in [4.69, 9.17) is 9.26 Å². The number of nitrogens with zero attached hydrogens (tertiary/aromatic N) is 3. The molecule has 0 bridgehead atoms. The van der Waals surface area contributed by atoms with Crippen LogP contribution >= 0.6 is 0 Å². The van der Waals surface area contributed by atoms with E-state index in [0.29, 0.717) is 30.9 Å². The molecule has 1 saturated heterocycles. The molecule has 0 amide bonds. The lowest BCUT2D eigenvalue weighted by molar-refractivity contribution is 0.212. The van der Waals surface area contributed by atoms with E-state index in [1.54, 1.807) is 0 Å². The number of hydrogen-bond acceptors (Lipinski definition) is 5. The molecule has 0 saturated carbocycles. The predicted octanol–water partition coefficient (Wildman–Crippen LogP) is 4.78. The zero-order valence-electron chi connectivity index (χ0n) is 15.9. The van der Waals surface area contributed by atoms with Gasteiger partial charge in [-0.3, -0.25) is 4.90 Å². The second-order valence-corrected chi connectivity index (χ2v) is 6.96. The number of benzene rings is 2. The molecule has 1 fully saturated rings.